The summed E-state index contributed by atoms with van der Waals surface area (Å²) in [4.78, 5) is 15.3. The van der Waals surface area contributed by atoms with E-state index in [-0.39, 0.29) is 12.0 Å². The molecule has 32 heavy (non-hydrogen) atoms. The second kappa shape index (κ2) is 9.39. The number of hydrogen-bond donors (Lipinski definition) is 1. The highest BCUT2D eigenvalue weighted by Gasteiger charge is 2.59. The lowest BCUT2D eigenvalue weighted by Crippen LogP contribution is -2.51. The van der Waals surface area contributed by atoms with Gasteiger partial charge in [-0.1, -0.05) is 105 Å². The number of cyclic esters (lactones) is 1. The summed E-state index contributed by atoms with van der Waals surface area (Å²) in [5.41, 5.74) is 1.65. The van der Waals surface area contributed by atoms with E-state index in [1.165, 1.54) is 11.8 Å². The van der Waals surface area contributed by atoms with Gasteiger partial charge in [-0.3, -0.25) is 4.90 Å². The minimum absolute atomic E-state index is 0.0690. The largest absolute Gasteiger partial charge is 0.431 e. The van der Waals surface area contributed by atoms with E-state index >= 15 is 0 Å². The molecule has 5 heteroatoms. The Morgan fingerprint density at radius 3 is 1.78 bits per heavy atom. The molecule has 0 saturated carbocycles. The van der Waals surface area contributed by atoms with Crippen LogP contribution in [-0.2, 0) is 10.3 Å². The van der Waals surface area contributed by atoms with Gasteiger partial charge in [0.05, 0.1) is 6.04 Å². The number of ether oxygens (including phenoxy) is 1. The summed E-state index contributed by atoms with van der Waals surface area (Å²) in [5, 5.41) is 10.8. The number of amides is 1. The Bertz CT molecular complexity index is 987. The molecule has 3 atom stereocenters. The molecule has 0 spiro atoms. The Hall–Kier alpha value is -2.76. The summed E-state index contributed by atoms with van der Waals surface area (Å²) in [7, 11) is 0. The zero-order valence-corrected chi connectivity index (χ0v) is 19.4. The number of carbonyl (C=O) groups is 1. The van der Waals surface area contributed by atoms with Gasteiger partial charge in [0.1, 0.15) is 11.5 Å². The molecule has 0 aromatic heterocycles. The molecule has 4 rings (SSSR count). The smallest absolute Gasteiger partial charge is 0.412 e. The van der Waals surface area contributed by atoms with E-state index in [0.29, 0.717) is 0 Å². The molecule has 1 aliphatic rings. The molecule has 4 nitrogen and oxygen atoms in total. The van der Waals surface area contributed by atoms with Gasteiger partial charge in [-0.25, -0.2) is 4.79 Å². The monoisotopic (exact) mass is 447 g/mol. The minimum atomic E-state index is -0.974. The van der Waals surface area contributed by atoms with Crippen molar-refractivity contribution in [1.29, 1.82) is 0 Å². The molecular weight excluding hydrogens is 418 g/mol. The lowest BCUT2D eigenvalue weighted by Gasteiger charge is -2.41. The third-order valence-electron chi connectivity index (χ3n) is 6.14. The van der Waals surface area contributed by atoms with Crippen molar-refractivity contribution in [3.8, 4) is 0 Å². The number of benzene rings is 3. The van der Waals surface area contributed by atoms with E-state index in [1.54, 1.807) is 4.90 Å². The van der Waals surface area contributed by atoms with E-state index in [2.05, 4.69) is 13.8 Å². The first-order valence-electron chi connectivity index (χ1n) is 10.9. The Labute approximate surface area is 194 Å². The van der Waals surface area contributed by atoms with Crippen LogP contribution in [0.5, 0.6) is 0 Å². The van der Waals surface area contributed by atoms with Crippen LogP contribution in [0.15, 0.2) is 91.0 Å². The van der Waals surface area contributed by atoms with Gasteiger partial charge in [-0.15, -0.1) is 11.8 Å². The summed E-state index contributed by atoms with van der Waals surface area (Å²) < 4.78 is 6.34. The normalized spacial score (nSPS) is 19.6. The van der Waals surface area contributed by atoms with Gasteiger partial charge < -0.3 is 9.84 Å². The third-order valence-corrected chi connectivity index (χ3v) is 7.11. The standard InChI is InChI=1S/C27H29NO3S/c1-19(2)24-27(21-15-9-5-10-16-21,22-17-11-6-12-18-22)31-26(30)28(24)25(32-3)23(29)20-13-7-4-8-14-20/h4-19,23-25,29H,1-3H3/t23-,24+,25+/m1/s1. The summed E-state index contributed by atoms with van der Waals surface area (Å²) in [6.45, 7) is 4.21. The third kappa shape index (κ3) is 3.80. The van der Waals surface area contributed by atoms with Crippen LogP contribution in [0.4, 0.5) is 4.79 Å². The molecule has 1 amide bonds. The zero-order valence-electron chi connectivity index (χ0n) is 18.6. The Morgan fingerprint density at radius 1 is 0.875 bits per heavy atom. The number of thioether (sulfide) groups is 1. The molecule has 0 radical (unpaired) electrons. The van der Waals surface area contributed by atoms with E-state index in [0.717, 1.165) is 16.7 Å². The Balaban J connectivity index is 1.87. The molecule has 1 fully saturated rings. The van der Waals surface area contributed by atoms with Gasteiger partial charge in [-0.2, -0.15) is 0 Å². The van der Waals surface area contributed by atoms with Crippen molar-refractivity contribution in [3.05, 3.63) is 108 Å². The van der Waals surface area contributed by atoms with Crippen molar-refractivity contribution in [2.45, 2.75) is 37.0 Å². The summed E-state index contributed by atoms with van der Waals surface area (Å²) in [6, 6.07) is 29.1. The van der Waals surface area contributed by atoms with Gasteiger partial charge >= 0.3 is 6.09 Å². The fourth-order valence-corrected chi connectivity index (χ4v) is 5.68. The highest BCUT2D eigenvalue weighted by atomic mass is 32.2. The van der Waals surface area contributed by atoms with Crippen LogP contribution >= 0.6 is 11.8 Å². The van der Waals surface area contributed by atoms with Crippen molar-refractivity contribution in [2.24, 2.45) is 5.92 Å². The molecule has 1 aliphatic heterocycles. The predicted molar refractivity (Wildman–Crippen MR) is 129 cm³/mol. The number of hydrogen-bond acceptors (Lipinski definition) is 4. The quantitative estimate of drug-likeness (QED) is 0.495. The first-order chi connectivity index (χ1) is 15.5. The van der Waals surface area contributed by atoms with E-state index in [4.69, 9.17) is 4.74 Å². The summed E-state index contributed by atoms with van der Waals surface area (Å²) in [5.74, 6) is 0.0690. The fraction of sp³-hybridized carbons (Fsp3) is 0.296. The lowest BCUT2D eigenvalue weighted by atomic mass is 9.75. The SMILES string of the molecule is CS[C@@H]([C@H](O)c1ccccc1)N1C(=O)OC(c2ccccc2)(c2ccccc2)[C@@H]1C(C)C. The highest BCUT2D eigenvalue weighted by molar-refractivity contribution is 7.99. The van der Waals surface area contributed by atoms with E-state index in [9.17, 15) is 9.90 Å². The maximum Gasteiger partial charge on any atom is 0.412 e. The number of nitrogens with zero attached hydrogens (tertiary/aromatic N) is 1. The van der Waals surface area contributed by atoms with Crippen molar-refractivity contribution < 1.29 is 14.6 Å². The summed E-state index contributed by atoms with van der Waals surface area (Å²) in [6.07, 6.45) is 0.667. The highest BCUT2D eigenvalue weighted by Crippen LogP contribution is 2.50. The van der Waals surface area contributed by atoms with Gasteiger partial charge in [-0.05, 0) is 17.7 Å². The maximum absolute atomic E-state index is 13.6. The Kier molecular flexibility index (Phi) is 6.58. The van der Waals surface area contributed by atoms with Crippen LogP contribution in [0.2, 0.25) is 0 Å². The van der Waals surface area contributed by atoms with Crippen molar-refractivity contribution in [1.82, 2.24) is 4.90 Å². The summed E-state index contributed by atoms with van der Waals surface area (Å²) >= 11 is 1.46. The molecule has 0 unspecified atom stereocenters. The molecular formula is C27H29NO3S. The zero-order chi connectivity index (χ0) is 22.7. The maximum atomic E-state index is 13.6. The number of carbonyl (C=O) groups excluding carboxylic acids is 1. The lowest BCUT2D eigenvalue weighted by molar-refractivity contribution is 0.0479. The number of aliphatic hydroxyl groups is 1. The van der Waals surface area contributed by atoms with Crippen LogP contribution in [0.1, 0.15) is 36.6 Å². The van der Waals surface area contributed by atoms with Crippen molar-refractivity contribution in [3.63, 3.8) is 0 Å². The van der Waals surface area contributed by atoms with E-state index in [1.807, 2.05) is 97.3 Å². The fourth-order valence-electron chi connectivity index (χ4n) is 4.82. The van der Waals surface area contributed by atoms with Gasteiger partial charge in [0, 0.05) is 11.1 Å². The van der Waals surface area contributed by atoms with Gasteiger partial charge in [0.15, 0.2) is 5.60 Å². The van der Waals surface area contributed by atoms with Crippen LogP contribution in [-0.4, -0.2) is 33.8 Å². The molecule has 1 saturated heterocycles. The van der Waals surface area contributed by atoms with Crippen LogP contribution in [0, 0.1) is 5.92 Å². The number of rotatable bonds is 7. The molecule has 3 aromatic carbocycles. The molecule has 0 bridgehead atoms. The molecule has 0 aliphatic carbocycles. The van der Waals surface area contributed by atoms with Crippen molar-refractivity contribution >= 4 is 17.9 Å². The molecule has 166 valence electrons. The number of aliphatic hydroxyl groups excluding tert-OH is 1. The first-order valence-corrected chi connectivity index (χ1v) is 12.2. The minimum Gasteiger partial charge on any atom is -0.431 e. The topological polar surface area (TPSA) is 49.8 Å². The van der Waals surface area contributed by atoms with Gasteiger partial charge in [0.25, 0.3) is 0 Å². The molecule has 3 aromatic rings. The molecule has 1 N–H and O–H groups in total. The average Bonchev–Trinajstić information content (AvgIpc) is 3.15. The second-order valence-electron chi connectivity index (χ2n) is 8.41. The average molecular weight is 448 g/mol. The van der Waals surface area contributed by atoms with Crippen LogP contribution in [0.25, 0.3) is 0 Å². The van der Waals surface area contributed by atoms with E-state index < -0.39 is 23.2 Å². The van der Waals surface area contributed by atoms with Gasteiger partial charge in [0.2, 0.25) is 0 Å². The second-order valence-corrected chi connectivity index (χ2v) is 9.37. The van der Waals surface area contributed by atoms with Crippen molar-refractivity contribution in [2.75, 3.05) is 6.26 Å². The molecule has 1 heterocycles. The van der Waals surface area contributed by atoms with Crippen LogP contribution in [0.3, 0.4) is 0 Å². The Morgan fingerprint density at radius 2 is 1.34 bits per heavy atom. The first kappa shape index (κ1) is 22.4. The van der Waals surface area contributed by atoms with Crippen LogP contribution < -0.4 is 0 Å². The predicted octanol–water partition coefficient (Wildman–Crippen LogP) is 5.83.